The number of carboxylic acids is 1. The van der Waals surface area contributed by atoms with E-state index in [2.05, 4.69) is 14.8 Å². The van der Waals surface area contributed by atoms with E-state index < -0.39 is 65.9 Å². The Morgan fingerprint density at radius 1 is 1.14 bits per heavy atom. The minimum Gasteiger partial charge on any atom is -0.480 e. The summed E-state index contributed by atoms with van der Waals surface area (Å²) in [6, 6.07) is 4.51. The minimum absolute atomic E-state index is 0.236. The maximum Gasteiger partial charge on any atom is 0.573 e. The lowest BCUT2D eigenvalue weighted by Gasteiger charge is -2.40. The van der Waals surface area contributed by atoms with E-state index in [-0.39, 0.29) is 5.56 Å². The zero-order valence-electron chi connectivity index (χ0n) is 18.5. The van der Waals surface area contributed by atoms with Crippen LogP contribution in [-0.4, -0.2) is 60.7 Å². The van der Waals surface area contributed by atoms with Gasteiger partial charge in [-0.2, -0.15) is 5.10 Å². The van der Waals surface area contributed by atoms with Gasteiger partial charge in [-0.25, -0.2) is 18.4 Å². The van der Waals surface area contributed by atoms with Crippen molar-refractivity contribution in [3.8, 4) is 5.75 Å². The Hall–Kier alpha value is -4.07. The van der Waals surface area contributed by atoms with Crippen molar-refractivity contribution in [2.24, 2.45) is 0 Å². The lowest BCUT2D eigenvalue weighted by atomic mass is 9.85. The van der Waals surface area contributed by atoms with Gasteiger partial charge in [-0.3, -0.25) is 9.59 Å². The monoisotopic (exact) mass is 514 g/mol. The second-order valence-corrected chi connectivity index (χ2v) is 7.72. The Labute approximate surface area is 200 Å². The summed E-state index contributed by atoms with van der Waals surface area (Å²) in [6.07, 6.45) is -2.66. The number of aromatic nitrogens is 3. The summed E-state index contributed by atoms with van der Waals surface area (Å²) in [6.45, 7) is -0.247. The fraction of sp³-hybridized carbons (Fsp3) is 0.273. The number of nitrogens with zero attached hydrogens (tertiary/aromatic N) is 4. The number of amides is 1. The third kappa shape index (κ3) is 6.13. The van der Waals surface area contributed by atoms with Crippen molar-refractivity contribution < 1.29 is 46.5 Å². The predicted octanol–water partition coefficient (Wildman–Crippen LogP) is 2.96. The molecule has 1 heterocycles. The molecule has 0 aliphatic rings. The van der Waals surface area contributed by atoms with Gasteiger partial charge in [0.1, 0.15) is 42.2 Å². The highest BCUT2D eigenvalue weighted by molar-refractivity contribution is 5.96. The number of aliphatic hydroxyl groups is 1. The topological polar surface area (TPSA) is 118 Å². The van der Waals surface area contributed by atoms with Gasteiger partial charge in [0.25, 0.3) is 5.91 Å². The molecule has 2 N–H and O–H groups in total. The van der Waals surface area contributed by atoms with E-state index in [1.807, 2.05) is 0 Å². The Kier molecular flexibility index (Phi) is 7.57. The molecule has 14 heteroatoms. The number of hydrogen-bond acceptors (Lipinski definition) is 6. The average molecular weight is 514 g/mol. The van der Waals surface area contributed by atoms with Crippen molar-refractivity contribution >= 4 is 11.9 Å². The molecule has 1 amide bonds. The number of ether oxygens (including phenoxy) is 1. The van der Waals surface area contributed by atoms with Crippen LogP contribution in [0.4, 0.5) is 22.0 Å². The van der Waals surface area contributed by atoms with Crippen LogP contribution in [0.1, 0.15) is 22.8 Å². The minimum atomic E-state index is -4.97. The second kappa shape index (κ2) is 10.3. The lowest BCUT2D eigenvalue weighted by molar-refractivity contribution is -0.274. The molecule has 2 atom stereocenters. The number of carboxylic acid groups (broad SMARTS) is 1. The number of benzene rings is 2. The van der Waals surface area contributed by atoms with Crippen molar-refractivity contribution in [1.29, 1.82) is 0 Å². The molecular weight excluding hydrogens is 495 g/mol. The SMILES string of the molecule is C[C@@H](N(CC(=O)O)C(=O)c1ccc(OC(F)(F)F)cc1)[C@](O)(Cn1cncn1)c1ccc(F)cc1F. The summed E-state index contributed by atoms with van der Waals surface area (Å²) in [5.74, 6) is -5.21. The molecule has 0 bridgehead atoms. The number of rotatable bonds is 9. The Morgan fingerprint density at radius 2 is 1.81 bits per heavy atom. The maximum atomic E-state index is 14.8. The first kappa shape index (κ1) is 26.5. The summed E-state index contributed by atoms with van der Waals surface area (Å²) < 4.78 is 70.5. The molecule has 0 aliphatic heterocycles. The molecule has 1 aromatic heterocycles. The Bertz CT molecular complexity index is 1220. The highest BCUT2D eigenvalue weighted by Crippen LogP contribution is 2.33. The van der Waals surface area contributed by atoms with Crippen LogP contribution in [0.25, 0.3) is 0 Å². The summed E-state index contributed by atoms with van der Waals surface area (Å²) in [7, 11) is 0. The second-order valence-electron chi connectivity index (χ2n) is 7.72. The molecule has 36 heavy (non-hydrogen) atoms. The molecule has 0 aliphatic carbocycles. The molecule has 0 radical (unpaired) electrons. The first-order valence-electron chi connectivity index (χ1n) is 10.2. The van der Waals surface area contributed by atoms with E-state index in [4.69, 9.17) is 0 Å². The molecule has 0 saturated carbocycles. The number of alkyl halides is 3. The predicted molar refractivity (Wildman–Crippen MR) is 112 cm³/mol. The number of aliphatic carboxylic acids is 1. The maximum absolute atomic E-state index is 14.8. The Morgan fingerprint density at radius 3 is 2.33 bits per heavy atom. The van der Waals surface area contributed by atoms with Gasteiger partial charge in [0.05, 0.1) is 12.6 Å². The van der Waals surface area contributed by atoms with Crippen LogP contribution in [0.5, 0.6) is 5.75 Å². The van der Waals surface area contributed by atoms with E-state index in [1.54, 1.807) is 0 Å². The van der Waals surface area contributed by atoms with Crippen LogP contribution in [0.3, 0.4) is 0 Å². The van der Waals surface area contributed by atoms with E-state index in [1.165, 1.54) is 13.3 Å². The van der Waals surface area contributed by atoms with E-state index >= 15 is 0 Å². The standard InChI is InChI=1S/C22H19F5N4O5/c1-13(21(35,10-30-12-28-11-29-30)17-7-4-15(23)8-18(17)24)31(9-19(32)33)20(34)14-2-5-16(6-3-14)36-22(25,26)27/h2-8,11-13,35H,9-10H2,1H3,(H,32,33)/t13-,21-/m1/s1. The molecule has 0 saturated heterocycles. The van der Waals surface area contributed by atoms with Crippen LogP contribution in [0, 0.1) is 11.6 Å². The van der Waals surface area contributed by atoms with Crippen LogP contribution < -0.4 is 4.74 Å². The molecular formula is C22H19F5N4O5. The molecule has 9 nitrogen and oxygen atoms in total. The van der Waals surface area contributed by atoms with Gasteiger partial charge in [-0.05, 0) is 37.3 Å². The number of halogens is 5. The first-order valence-corrected chi connectivity index (χ1v) is 10.2. The molecule has 0 spiro atoms. The van der Waals surface area contributed by atoms with Crippen LogP contribution in [-0.2, 0) is 16.9 Å². The van der Waals surface area contributed by atoms with Gasteiger partial charge in [-0.15, -0.1) is 13.2 Å². The van der Waals surface area contributed by atoms with Crippen molar-refractivity contribution in [2.45, 2.75) is 31.5 Å². The van der Waals surface area contributed by atoms with E-state index in [9.17, 15) is 41.8 Å². The van der Waals surface area contributed by atoms with Crippen molar-refractivity contribution in [3.05, 3.63) is 77.9 Å². The molecule has 2 aromatic carbocycles. The van der Waals surface area contributed by atoms with Crippen LogP contribution in [0.15, 0.2) is 55.1 Å². The molecule has 0 unspecified atom stereocenters. The summed E-state index contributed by atoms with van der Waals surface area (Å²) >= 11 is 0. The van der Waals surface area contributed by atoms with Crippen molar-refractivity contribution in [2.75, 3.05) is 6.54 Å². The van der Waals surface area contributed by atoms with Gasteiger partial charge in [0, 0.05) is 17.2 Å². The number of hydrogen-bond donors (Lipinski definition) is 2. The van der Waals surface area contributed by atoms with Gasteiger partial charge in [-0.1, -0.05) is 6.07 Å². The highest BCUT2D eigenvalue weighted by atomic mass is 19.4. The molecule has 192 valence electrons. The lowest BCUT2D eigenvalue weighted by Crippen LogP contribution is -2.55. The fourth-order valence-corrected chi connectivity index (χ4v) is 3.60. The number of carbonyl (C=O) groups is 2. The van der Waals surface area contributed by atoms with Gasteiger partial charge >= 0.3 is 12.3 Å². The summed E-state index contributed by atoms with van der Waals surface area (Å²) in [5.41, 5.74) is -3.04. The fourth-order valence-electron chi connectivity index (χ4n) is 3.60. The summed E-state index contributed by atoms with van der Waals surface area (Å²) in [4.78, 5) is 29.2. The zero-order chi connectivity index (χ0) is 26.7. The Balaban J connectivity index is 2.03. The first-order chi connectivity index (χ1) is 16.8. The third-order valence-corrected chi connectivity index (χ3v) is 5.33. The number of carbonyl (C=O) groups excluding carboxylic acids is 1. The molecule has 0 fully saturated rings. The van der Waals surface area contributed by atoms with E-state index in [0.29, 0.717) is 11.0 Å². The van der Waals surface area contributed by atoms with Crippen LogP contribution >= 0.6 is 0 Å². The highest BCUT2D eigenvalue weighted by Gasteiger charge is 2.44. The average Bonchev–Trinajstić information content (AvgIpc) is 3.28. The molecule has 3 aromatic rings. The van der Waals surface area contributed by atoms with Gasteiger partial charge in [0.15, 0.2) is 0 Å². The van der Waals surface area contributed by atoms with E-state index in [0.717, 1.165) is 47.4 Å². The zero-order valence-corrected chi connectivity index (χ0v) is 18.5. The smallest absolute Gasteiger partial charge is 0.480 e. The normalized spacial score (nSPS) is 14.1. The summed E-state index contributed by atoms with van der Waals surface area (Å²) in [5, 5.41) is 24.9. The quantitative estimate of drug-likeness (QED) is 0.422. The van der Waals surface area contributed by atoms with Gasteiger partial charge < -0.3 is 19.8 Å². The van der Waals surface area contributed by atoms with Gasteiger partial charge in [0.2, 0.25) is 0 Å². The van der Waals surface area contributed by atoms with Crippen molar-refractivity contribution in [3.63, 3.8) is 0 Å². The van der Waals surface area contributed by atoms with Crippen molar-refractivity contribution in [1.82, 2.24) is 19.7 Å². The third-order valence-electron chi connectivity index (χ3n) is 5.33. The molecule has 3 rings (SSSR count). The largest absolute Gasteiger partial charge is 0.573 e. The van der Waals surface area contributed by atoms with Crippen LogP contribution in [0.2, 0.25) is 0 Å².